The fourth-order valence-electron chi connectivity index (χ4n) is 1.92. The van der Waals surface area contributed by atoms with Gasteiger partial charge in [0.25, 0.3) is 0 Å². The molecule has 0 fully saturated rings. The average Bonchev–Trinajstić information content (AvgIpc) is 2.35. The molecule has 0 bridgehead atoms. The van der Waals surface area contributed by atoms with Crippen LogP contribution in [0.15, 0.2) is 42.5 Å². The van der Waals surface area contributed by atoms with Gasteiger partial charge in [0, 0.05) is 12.6 Å². The lowest BCUT2D eigenvalue weighted by Gasteiger charge is -2.12. The molecular weight excluding hydrogens is 198 g/mol. The molecule has 84 valence electrons. The molecule has 2 aromatic carbocycles. The highest BCUT2D eigenvalue weighted by atomic mass is 16.2. The van der Waals surface area contributed by atoms with Crippen LogP contribution in [0.2, 0.25) is 0 Å². The van der Waals surface area contributed by atoms with Gasteiger partial charge in [-0.3, -0.25) is 0 Å². The van der Waals surface area contributed by atoms with Crippen molar-refractivity contribution in [1.82, 2.24) is 0 Å². The minimum atomic E-state index is 0.0248. The van der Waals surface area contributed by atoms with E-state index in [1.54, 1.807) is 0 Å². The highest BCUT2D eigenvalue weighted by molar-refractivity contribution is 5.83. The molecule has 2 nitrogen and oxygen atoms in total. The summed E-state index contributed by atoms with van der Waals surface area (Å²) < 4.78 is 0. The quantitative estimate of drug-likeness (QED) is 0.823. The predicted octanol–water partition coefficient (Wildman–Crippen LogP) is 2.61. The van der Waals surface area contributed by atoms with Crippen molar-refractivity contribution in [3.8, 4) is 0 Å². The Labute approximate surface area is 95.7 Å². The highest BCUT2D eigenvalue weighted by Crippen LogP contribution is 2.21. The van der Waals surface area contributed by atoms with Gasteiger partial charge in [0.2, 0.25) is 0 Å². The van der Waals surface area contributed by atoms with E-state index in [0.717, 1.165) is 18.4 Å². The van der Waals surface area contributed by atoms with Crippen LogP contribution in [0.3, 0.4) is 0 Å². The summed E-state index contributed by atoms with van der Waals surface area (Å²) in [6, 6.07) is 14.6. The van der Waals surface area contributed by atoms with Gasteiger partial charge < -0.3 is 10.8 Å². The van der Waals surface area contributed by atoms with Crippen LogP contribution in [0, 0.1) is 0 Å². The van der Waals surface area contributed by atoms with E-state index in [1.165, 1.54) is 10.8 Å². The number of hydrogen-bond donors (Lipinski definition) is 2. The summed E-state index contributed by atoms with van der Waals surface area (Å²) >= 11 is 0. The van der Waals surface area contributed by atoms with Crippen LogP contribution >= 0.6 is 0 Å². The number of rotatable bonds is 4. The largest absolute Gasteiger partial charge is 0.396 e. The zero-order valence-corrected chi connectivity index (χ0v) is 9.26. The second kappa shape index (κ2) is 5.10. The normalized spacial score (nSPS) is 12.9. The molecule has 1 atom stereocenters. The van der Waals surface area contributed by atoms with Gasteiger partial charge in [0.1, 0.15) is 0 Å². The summed E-state index contributed by atoms with van der Waals surface area (Å²) in [6.07, 6.45) is 1.59. The van der Waals surface area contributed by atoms with E-state index < -0.39 is 0 Å². The summed E-state index contributed by atoms with van der Waals surface area (Å²) in [6.45, 7) is 0.210. The Morgan fingerprint density at radius 2 is 1.81 bits per heavy atom. The Hall–Kier alpha value is -1.38. The summed E-state index contributed by atoms with van der Waals surface area (Å²) in [7, 11) is 0. The maximum absolute atomic E-state index is 8.78. The van der Waals surface area contributed by atoms with E-state index in [4.69, 9.17) is 10.8 Å². The van der Waals surface area contributed by atoms with Crippen LogP contribution in [-0.2, 0) is 0 Å². The Morgan fingerprint density at radius 3 is 2.56 bits per heavy atom. The van der Waals surface area contributed by atoms with Crippen LogP contribution in [0.4, 0.5) is 0 Å². The fraction of sp³-hybridized carbons (Fsp3) is 0.286. The van der Waals surface area contributed by atoms with Crippen molar-refractivity contribution >= 4 is 10.8 Å². The average molecular weight is 215 g/mol. The second-order valence-electron chi connectivity index (χ2n) is 4.08. The van der Waals surface area contributed by atoms with Gasteiger partial charge in [-0.15, -0.1) is 0 Å². The molecule has 1 unspecified atom stereocenters. The number of nitrogens with two attached hydrogens (primary N) is 1. The first-order valence-corrected chi connectivity index (χ1v) is 5.66. The fourth-order valence-corrected chi connectivity index (χ4v) is 1.92. The van der Waals surface area contributed by atoms with Gasteiger partial charge in [-0.05, 0) is 35.2 Å². The Bertz CT molecular complexity index is 467. The zero-order valence-electron chi connectivity index (χ0n) is 9.26. The van der Waals surface area contributed by atoms with Crippen LogP contribution in [0.1, 0.15) is 24.4 Å². The Morgan fingerprint density at radius 1 is 1.06 bits per heavy atom. The van der Waals surface area contributed by atoms with E-state index in [-0.39, 0.29) is 12.6 Å². The van der Waals surface area contributed by atoms with E-state index in [9.17, 15) is 0 Å². The molecule has 0 saturated carbocycles. The van der Waals surface area contributed by atoms with Crippen molar-refractivity contribution in [2.24, 2.45) is 5.73 Å². The molecule has 0 saturated heterocycles. The van der Waals surface area contributed by atoms with Crippen molar-refractivity contribution in [3.63, 3.8) is 0 Å². The molecule has 0 aromatic heterocycles. The lowest BCUT2D eigenvalue weighted by molar-refractivity contribution is 0.280. The third-order valence-corrected chi connectivity index (χ3v) is 2.87. The number of aliphatic hydroxyl groups excluding tert-OH is 1. The Kier molecular flexibility index (Phi) is 3.54. The zero-order chi connectivity index (χ0) is 11.4. The SMILES string of the molecule is NC(CCCO)c1ccc2ccccc2c1. The van der Waals surface area contributed by atoms with E-state index in [1.807, 2.05) is 12.1 Å². The number of hydrogen-bond acceptors (Lipinski definition) is 2. The molecule has 0 spiro atoms. The number of fused-ring (bicyclic) bond motifs is 1. The van der Waals surface area contributed by atoms with E-state index in [2.05, 4.69) is 30.3 Å². The molecule has 0 amide bonds. The van der Waals surface area contributed by atoms with Crippen LogP contribution in [0.5, 0.6) is 0 Å². The topological polar surface area (TPSA) is 46.2 Å². The smallest absolute Gasteiger partial charge is 0.0431 e. The molecule has 0 radical (unpaired) electrons. The summed E-state index contributed by atoms with van der Waals surface area (Å²) in [5, 5.41) is 11.2. The predicted molar refractivity (Wildman–Crippen MR) is 67.2 cm³/mol. The third-order valence-electron chi connectivity index (χ3n) is 2.87. The first-order chi connectivity index (χ1) is 7.81. The minimum absolute atomic E-state index is 0.0248. The third kappa shape index (κ3) is 2.40. The first-order valence-electron chi connectivity index (χ1n) is 5.66. The van der Waals surface area contributed by atoms with Crippen molar-refractivity contribution in [2.75, 3.05) is 6.61 Å². The monoisotopic (exact) mass is 215 g/mol. The Balaban J connectivity index is 2.25. The highest BCUT2D eigenvalue weighted by Gasteiger charge is 2.05. The summed E-state index contributed by atoms with van der Waals surface area (Å²) in [5.74, 6) is 0. The lowest BCUT2D eigenvalue weighted by atomic mass is 9.99. The molecule has 0 aliphatic rings. The maximum Gasteiger partial charge on any atom is 0.0431 e. The second-order valence-corrected chi connectivity index (χ2v) is 4.08. The molecule has 3 N–H and O–H groups in total. The van der Waals surface area contributed by atoms with Crippen molar-refractivity contribution in [2.45, 2.75) is 18.9 Å². The summed E-state index contributed by atoms with van der Waals surface area (Å²) in [4.78, 5) is 0. The molecular formula is C14H17NO. The molecule has 2 heteroatoms. The van der Waals surface area contributed by atoms with Gasteiger partial charge in [0.05, 0.1) is 0 Å². The van der Waals surface area contributed by atoms with Gasteiger partial charge in [-0.25, -0.2) is 0 Å². The summed E-state index contributed by atoms with van der Waals surface area (Å²) in [5.41, 5.74) is 7.21. The standard InChI is InChI=1S/C14H17NO/c15-14(6-3-9-16)13-8-7-11-4-1-2-5-12(11)10-13/h1-2,4-5,7-8,10,14,16H,3,6,9,15H2. The number of benzene rings is 2. The maximum atomic E-state index is 8.78. The minimum Gasteiger partial charge on any atom is -0.396 e. The molecule has 16 heavy (non-hydrogen) atoms. The molecule has 2 rings (SSSR count). The molecule has 0 aliphatic carbocycles. The lowest BCUT2D eigenvalue weighted by Crippen LogP contribution is -2.10. The van der Waals surface area contributed by atoms with Crippen molar-refractivity contribution in [1.29, 1.82) is 0 Å². The van der Waals surface area contributed by atoms with Crippen molar-refractivity contribution in [3.05, 3.63) is 48.0 Å². The van der Waals surface area contributed by atoms with Crippen LogP contribution in [-0.4, -0.2) is 11.7 Å². The van der Waals surface area contributed by atoms with E-state index >= 15 is 0 Å². The van der Waals surface area contributed by atoms with Gasteiger partial charge in [-0.2, -0.15) is 0 Å². The molecule has 2 aromatic rings. The van der Waals surface area contributed by atoms with E-state index in [0.29, 0.717) is 0 Å². The van der Waals surface area contributed by atoms with Gasteiger partial charge in [-0.1, -0.05) is 36.4 Å². The first kappa shape index (κ1) is 11.1. The van der Waals surface area contributed by atoms with Crippen LogP contribution < -0.4 is 5.73 Å². The van der Waals surface area contributed by atoms with Crippen molar-refractivity contribution < 1.29 is 5.11 Å². The van der Waals surface area contributed by atoms with Crippen LogP contribution in [0.25, 0.3) is 10.8 Å². The molecule has 0 heterocycles. The number of aliphatic hydroxyl groups is 1. The van der Waals surface area contributed by atoms with Gasteiger partial charge in [0.15, 0.2) is 0 Å². The van der Waals surface area contributed by atoms with Gasteiger partial charge >= 0.3 is 0 Å². The molecule has 0 aliphatic heterocycles.